The van der Waals surface area contributed by atoms with Gasteiger partial charge in [-0.25, -0.2) is 0 Å². The highest BCUT2D eigenvalue weighted by atomic mass is 32.2. The van der Waals surface area contributed by atoms with Gasteiger partial charge in [0.2, 0.25) is 5.91 Å². The van der Waals surface area contributed by atoms with E-state index in [4.69, 9.17) is 0 Å². The number of hydrogen-bond acceptors (Lipinski definition) is 2. The molecule has 3 atom stereocenters. The second kappa shape index (κ2) is 6.00. The summed E-state index contributed by atoms with van der Waals surface area (Å²) in [5, 5.41) is 3.24. The summed E-state index contributed by atoms with van der Waals surface area (Å²) in [5.41, 5.74) is 1.29. The van der Waals surface area contributed by atoms with Gasteiger partial charge in [0.15, 0.2) is 0 Å². The fraction of sp³-hybridized carbons (Fsp3) is 0.562. The maximum atomic E-state index is 11.9. The molecule has 102 valence electrons. The van der Waals surface area contributed by atoms with Crippen LogP contribution in [-0.2, 0) is 10.5 Å². The minimum atomic E-state index is 0.221. The van der Waals surface area contributed by atoms with Crippen LogP contribution >= 0.6 is 11.8 Å². The molecule has 0 radical (unpaired) electrons. The van der Waals surface area contributed by atoms with Crippen LogP contribution in [0.5, 0.6) is 0 Å². The number of rotatable bonds is 5. The number of fused-ring (bicyclic) bond motifs is 2. The summed E-state index contributed by atoms with van der Waals surface area (Å²) in [4.78, 5) is 11.9. The molecule has 2 fully saturated rings. The Labute approximate surface area is 119 Å². The van der Waals surface area contributed by atoms with E-state index in [1.165, 1.54) is 31.2 Å². The largest absolute Gasteiger partial charge is 0.352 e. The molecule has 1 aromatic rings. The molecule has 2 aliphatic carbocycles. The van der Waals surface area contributed by atoms with Crippen LogP contribution in [0.25, 0.3) is 0 Å². The van der Waals surface area contributed by atoms with Crippen molar-refractivity contribution in [2.45, 2.75) is 37.5 Å². The molecular weight excluding hydrogens is 254 g/mol. The number of carbonyl (C=O) groups excluding carboxylic acids is 1. The quantitative estimate of drug-likeness (QED) is 0.894. The van der Waals surface area contributed by atoms with Gasteiger partial charge in [-0.1, -0.05) is 36.8 Å². The predicted octanol–water partition coefficient (Wildman–Crippen LogP) is 3.22. The van der Waals surface area contributed by atoms with E-state index in [1.54, 1.807) is 11.8 Å². The van der Waals surface area contributed by atoms with Gasteiger partial charge in [-0.15, -0.1) is 11.8 Å². The Morgan fingerprint density at radius 2 is 2.05 bits per heavy atom. The highest BCUT2D eigenvalue weighted by Crippen LogP contribution is 2.44. The minimum Gasteiger partial charge on any atom is -0.352 e. The van der Waals surface area contributed by atoms with Gasteiger partial charge in [-0.2, -0.15) is 0 Å². The number of amides is 1. The molecule has 0 heterocycles. The van der Waals surface area contributed by atoms with Gasteiger partial charge in [-0.3, -0.25) is 4.79 Å². The summed E-state index contributed by atoms with van der Waals surface area (Å²) < 4.78 is 0. The summed E-state index contributed by atoms with van der Waals surface area (Å²) in [6, 6.07) is 10.8. The zero-order chi connectivity index (χ0) is 13.1. The fourth-order valence-corrected chi connectivity index (χ4v) is 4.30. The molecule has 2 bridgehead atoms. The van der Waals surface area contributed by atoms with Crippen molar-refractivity contribution in [3.8, 4) is 0 Å². The molecule has 0 unspecified atom stereocenters. The predicted molar refractivity (Wildman–Crippen MR) is 80.0 cm³/mol. The molecule has 0 aliphatic heterocycles. The number of carbonyl (C=O) groups is 1. The van der Waals surface area contributed by atoms with Crippen LogP contribution in [0.3, 0.4) is 0 Å². The van der Waals surface area contributed by atoms with Crippen LogP contribution in [0.15, 0.2) is 30.3 Å². The van der Waals surface area contributed by atoms with Gasteiger partial charge < -0.3 is 5.32 Å². The molecule has 0 aromatic heterocycles. The molecule has 19 heavy (non-hydrogen) atoms. The van der Waals surface area contributed by atoms with Crippen molar-refractivity contribution < 1.29 is 4.79 Å². The van der Waals surface area contributed by atoms with E-state index in [-0.39, 0.29) is 5.91 Å². The summed E-state index contributed by atoms with van der Waals surface area (Å²) in [6.07, 6.45) is 5.29. The summed E-state index contributed by atoms with van der Waals surface area (Å²) in [5.74, 6) is 3.40. The minimum absolute atomic E-state index is 0.221. The molecule has 2 nitrogen and oxygen atoms in total. The Bertz CT molecular complexity index is 434. The smallest absolute Gasteiger partial charge is 0.230 e. The van der Waals surface area contributed by atoms with E-state index in [1.807, 2.05) is 18.2 Å². The summed E-state index contributed by atoms with van der Waals surface area (Å²) in [6.45, 7) is 0. The Kier molecular flexibility index (Phi) is 4.12. The Morgan fingerprint density at radius 3 is 2.74 bits per heavy atom. The zero-order valence-corrected chi connectivity index (χ0v) is 12.0. The molecule has 0 saturated heterocycles. The van der Waals surface area contributed by atoms with Crippen molar-refractivity contribution in [2.24, 2.45) is 11.8 Å². The monoisotopic (exact) mass is 275 g/mol. The van der Waals surface area contributed by atoms with Gasteiger partial charge in [-0.05, 0) is 36.7 Å². The molecule has 3 heteroatoms. The summed E-state index contributed by atoms with van der Waals surface area (Å²) in [7, 11) is 0. The van der Waals surface area contributed by atoms with Crippen molar-refractivity contribution in [1.82, 2.24) is 5.32 Å². The van der Waals surface area contributed by atoms with E-state index in [2.05, 4.69) is 17.4 Å². The lowest BCUT2D eigenvalue weighted by Crippen LogP contribution is -2.39. The van der Waals surface area contributed by atoms with E-state index < -0.39 is 0 Å². The topological polar surface area (TPSA) is 29.1 Å². The third-order valence-electron chi connectivity index (χ3n) is 4.43. The van der Waals surface area contributed by atoms with Crippen LogP contribution in [0.2, 0.25) is 0 Å². The van der Waals surface area contributed by atoms with Gasteiger partial charge in [0.05, 0.1) is 5.75 Å². The standard InChI is InChI=1S/C16H21NOS/c18-16(11-19-10-12-4-2-1-3-5-12)17-15-9-13-6-7-14(15)8-13/h1-5,13-15H,6-11H2,(H,17,18)/t13-,14+,15-/m1/s1. The van der Waals surface area contributed by atoms with Crippen LogP contribution in [0.1, 0.15) is 31.2 Å². The lowest BCUT2D eigenvalue weighted by Gasteiger charge is -2.22. The Morgan fingerprint density at radius 1 is 1.21 bits per heavy atom. The number of hydrogen-bond donors (Lipinski definition) is 1. The maximum absolute atomic E-state index is 11.9. The summed E-state index contributed by atoms with van der Waals surface area (Å²) >= 11 is 1.71. The Balaban J connectivity index is 1.38. The number of benzene rings is 1. The van der Waals surface area contributed by atoms with Gasteiger partial charge in [0.25, 0.3) is 0 Å². The molecule has 1 N–H and O–H groups in total. The lowest BCUT2D eigenvalue weighted by molar-refractivity contribution is -0.119. The maximum Gasteiger partial charge on any atom is 0.230 e. The van der Waals surface area contributed by atoms with E-state index in [0.717, 1.165) is 17.6 Å². The van der Waals surface area contributed by atoms with Crippen molar-refractivity contribution in [2.75, 3.05) is 5.75 Å². The second-order valence-corrected chi connectivity index (χ2v) is 6.81. The third kappa shape index (κ3) is 3.33. The molecule has 2 saturated carbocycles. The van der Waals surface area contributed by atoms with Crippen molar-refractivity contribution in [1.29, 1.82) is 0 Å². The van der Waals surface area contributed by atoms with Crippen molar-refractivity contribution in [3.05, 3.63) is 35.9 Å². The van der Waals surface area contributed by atoms with Crippen molar-refractivity contribution >= 4 is 17.7 Å². The van der Waals surface area contributed by atoms with Crippen LogP contribution in [0, 0.1) is 11.8 Å². The number of nitrogens with one attached hydrogen (secondary N) is 1. The van der Waals surface area contributed by atoms with E-state index in [0.29, 0.717) is 11.8 Å². The molecule has 3 rings (SSSR count). The first-order chi connectivity index (χ1) is 9.31. The zero-order valence-electron chi connectivity index (χ0n) is 11.2. The third-order valence-corrected chi connectivity index (χ3v) is 5.43. The van der Waals surface area contributed by atoms with Gasteiger partial charge in [0.1, 0.15) is 0 Å². The van der Waals surface area contributed by atoms with E-state index >= 15 is 0 Å². The average Bonchev–Trinajstić information content (AvgIpc) is 3.02. The molecule has 0 spiro atoms. The molecule has 2 aliphatic rings. The normalized spacial score (nSPS) is 28.5. The highest BCUT2D eigenvalue weighted by Gasteiger charge is 2.39. The first-order valence-electron chi connectivity index (χ1n) is 7.22. The second-order valence-electron chi connectivity index (χ2n) is 5.83. The van der Waals surface area contributed by atoms with Crippen molar-refractivity contribution in [3.63, 3.8) is 0 Å². The SMILES string of the molecule is O=C(CSCc1ccccc1)N[C@@H]1C[C@@H]2CC[C@H]1C2. The Hall–Kier alpha value is -0.960. The van der Waals surface area contributed by atoms with Gasteiger partial charge in [0, 0.05) is 11.8 Å². The van der Waals surface area contributed by atoms with Crippen LogP contribution in [0.4, 0.5) is 0 Å². The number of thioether (sulfide) groups is 1. The van der Waals surface area contributed by atoms with Crippen LogP contribution in [-0.4, -0.2) is 17.7 Å². The first-order valence-corrected chi connectivity index (χ1v) is 8.38. The first kappa shape index (κ1) is 13.0. The highest BCUT2D eigenvalue weighted by molar-refractivity contribution is 7.99. The lowest BCUT2D eigenvalue weighted by atomic mass is 9.95. The average molecular weight is 275 g/mol. The molecule has 1 amide bonds. The van der Waals surface area contributed by atoms with Crippen LogP contribution < -0.4 is 5.32 Å². The van der Waals surface area contributed by atoms with Gasteiger partial charge >= 0.3 is 0 Å². The molecule has 1 aromatic carbocycles. The fourth-order valence-electron chi connectivity index (χ4n) is 3.51. The molecular formula is C16H21NOS. The van der Waals surface area contributed by atoms with E-state index in [9.17, 15) is 4.79 Å².